The highest BCUT2D eigenvalue weighted by atomic mass is 16.5. The van der Waals surface area contributed by atoms with Gasteiger partial charge in [0.25, 0.3) is 0 Å². The van der Waals surface area contributed by atoms with Crippen LogP contribution in [-0.2, 0) is 9.53 Å². The van der Waals surface area contributed by atoms with Gasteiger partial charge in [0.2, 0.25) is 5.89 Å². The van der Waals surface area contributed by atoms with Crippen LogP contribution in [0.1, 0.15) is 5.89 Å². The highest BCUT2D eigenvalue weighted by Crippen LogP contribution is 2.15. The number of rotatable bonds is 2. The summed E-state index contributed by atoms with van der Waals surface area (Å²) in [6.45, 7) is 0. The standard InChI is InChI=1S/C11H9NO3/c1-14-11(13)7-6-10-12-8-4-2-3-5-9(8)15-10/h2-7H,1H3/b7-6+. The molecular formula is C11H9NO3. The Hall–Kier alpha value is -2.10. The van der Waals surface area contributed by atoms with E-state index in [0.29, 0.717) is 11.5 Å². The number of carbonyl (C=O) groups is 1. The van der Waals surface area contributed by atoms with Crippen LogP contribution in [0.5, 0.6) is 0 Å². The molecule has 0 saturated carbocycles. The Kier molecular flexibility index (Phi) is 2.49. The van der Waals surface area contributed by atoms with Crippen molar-refractivity contribution in [2.45, 2.75) is 0 Å². The summed E-state index contributed by atoms with van der Waals surface area (Å²) in [5, 5.41) is 0. The summed E-state index contributed by atoms with van der Waals surface area (Å²) in [6, 6.07) is 7.39. The molecule has 0 fully saturated rings. The maximum absolute atomic E-state index is 10.8. The van der Waals surface area contributed by atoms with Gasteiger partial charge in [0.15, 0.2) is 5.58 Å². The third-order valence-corrected chi connectivity index (χ3v) is 1.87. The lowest BCUT2D eigenvalue weighted by atomic mass is 10.3. The van der Waals surface area contributed by atoms with E-state index in [1.807, 2.05) is 24.3 Å². The summed E-state index contributed by atoms with van der Waals surface area (Å²) >= 11 is 0. The van der Waals surface area contributed by atoms with Crippen molar-refractivity contribution in [3.63, 3.8) is 0 Å². The number of ether oxygens (including phenoxy) is 1. The fourth-order valence-electron chi connectivity index (χ4n) is 1.17. The van der Waals surface area contributed by atoms with Gasteiger partial charge in [-0.3, -0.25) is 0 Å². The first-order valence-corrected chi connectivity index (χ1v) is 4.41. The van der Waals surface area contributed by atoms with Gasteiger partial charge in [-0.05, 0) is 12.1 Å². The van der Waals surface area contributed by atoms with E-state index >= 15 is 0 Å². The van der Waals surface area contributed by atoms with Gasteiger partial charge in [-0.25, -0.2) is 9.78 Å². The van der Waals surface area contributed by atoms with Gasteiger partial charge < -0.3 is 9.15 Å². The maximum Gasteiger partial charge on any atom is 0.330 e. The van der Waals surface area contributed by atoms with Gasteiger partial charge in [-0.1, -0.05) is 12.1 Å². The number of oxazole rings is 1. The van der Waals surface area contributed by atoms with E-state index in [1.54, 1.807) is 0 Å². The number of nitrogens with zero attached hydrogens (tertiary/aromatic N) is 1. The van der Waals surface area contributed by atoms with Crippen LogP contribution in [0.2, 0.25) is 0 Å². The molecule has 2 rings (SSSR count). The second kappa shape index (κ2) is 3.96. The molecule has 2 aromatic rings. The van der Waals surface area contributed by atoms with Crippen molar-refractivity contribution in [2.24, 2.45) is 0 Å². The smallest absolute Gasteiger partial charge is 0.330 e. The molecule has 15 heavy (non-hydrogen) atoms. The number of hydrogen-bond donors (Lipinski definition) is 0. The zero-order chi connectivity index (χ0) is 10.7. The number of benzene rings is 1. The van der Waals surface area contributed by atoms with E-state index in [4.69, 9.17) is 4.42 Å². The highest BCUT2D eigenvalue weighted by molar-refractivity contribution is 5.86. The summed E-state index contributed by atoms with van der Waals surface area (Å²) in [4.78, 5) is 15.0. The molecular weight excluding hydrogens is 194 g/mol. The van der Waals surface area contributed by atoms with Crippen molar-refractivity contribution in [3.05, 3.63) is 36.2 Å². The molecule has 0 bridgehead atoms. The van der Waals surface area contributed by atoms with E-state index in [2.05, 4.69) is 9.72 Å². The van der Waals surface area contributed by atoms with E-state index < -0.39 is 5.97 Å². The molecule has 76 valence electrons. The Labute approximate surface area is 86.2 Å². The average molecular weight is 203 g/mol. The quantitative estimate of drug-likeness (QED) is 0.553. The lowest BCUT2D eigenvalue weighted by Crippen LogP contribution is -1.93. The van der Waals surface area contributed by atoms with Gasteiger partial charge in [0.05, 0.1) is 7.11 Å². The second-order valence-corrected chi connectivity index (χ2v) is 2.88. The van der Waals surface area contributed by atoms with Crippen molar-refractivity contribution >= 4 is 23.1 Å². The largest absolute Gasteiger partial charge is 0.466 e. The van der Waals surface area contributed by atoms with Crippen LogP contribution in [-0.4, -0.2) is 18.1 Å². The molecule has 0 saturated heterocycles. The van der Waals surface area contributed by atoms with Crippen LogP contribution in [0.15, 0.2) is 34.8 Å². The van der Waals surface area contributed by atoms with Crippen molar-refractivity contribution in [2.75, 3.05) is 7.11 Å². The fourth-order valence-corrected chi connectivity index (χ4v) is 1.17. The summed E-state index contributed by atoms with van der Waals surface area (Å²) < 4.78 is 9.81. The molecule has 0 aliphatic rings. The molecule has 1 heterocycles. The van der Waals surface area contributed by atoms with E-state index in [9.17, 15) is 4.79 Å². The summed E-state index contributed by atoms with van der Waals surface area (Å²) in [7, 11) is 1.32. The number of aromatic nitrogens is 1. The fraction of sp³-hybridized carbons (Fsp3) is 0.0909. The molecule has 0 radical (unpaired) electrons. The minimum atomic E-state index is -0.433. The zero-order valence-electron chi connectivity index (χ0n) is 8.14. The predicted molar refractivity (Wildman–Crippen MR) is 55.1 cm³/mol. The predicted octanol–water partition coefficient (Wildman–Crippen LogP) is 2.01. The number of fused-ring (bicyclic) bond motifs is 1. The van der Waals surface area contributed by atoms with E-state index in [-0.39, 0.29) is 0 Å². The van der Waals surface area contributed by atoms with Crippen LogP contribution in [0, 0.1) is 0 Å². The topological polar surface area (TPSA) is 52.3 Å². The highest BCUT2D eigenvalue weighted by Gasteiger charge is 2.01. The van der Waals surface area contributed by atoms with Crippen LogP contribution in [0.3, 0.4) is 0 Å². The Morgan fingerprint density at radius 2 is 2.27 bits per heavy atom. The van der Waals surface area contributed by atoms with Gasteiger partial charge >= 0.3 is 5.97 Å². The number of hydrogen-bond acceptors (Lipinski definition) is 4. The molecule has 0 spiro atoms. The van der Waals surface area contributed by atoms with Crippen LogP contribution >= 0.6 is 0 Å². The third kappa shape index (κ3) is 2.04. The van der Waals surface area contributed by atoms with Crippen LogP contribution in [0.25, 0.3) is 17.2 Å². The first kappa shape index (κ1) is 9.45. The number of carbonyl (C=O) groups excluding carboxylic acids is 1. The number of methoxy groups -OCH3 is 1. The minimum absolute atomic E-state index is 0.390. The van der Waals surface area contributed by atoms with Crippen molar-refractivity contribution in [1.29, 1.82) is 0 Å². The monoisotopic (exact) mass is 203 g/mol. The van der Waals surface area contributed by atoms with Crippen LogP contribution < -0.4 is 0 Å². The molecule has 0 N–H and O–H groups in total. The van der Waals surface area contributed by atoms with Gasteiger partial charge in [0, 0.05) is 12.2 Å². The number of esters is 1. The summed E-state index contributed by atoms with van der Waals surface area (Å²) in [6.07, 6.45) is 2.75. The molecule has 1 aromatic carbocycles. The Morgan fingerprint density at radius 3 is 3.00 bits per heavy atom. The van der Waals surface area contributed by atoms with E-state index in [0.717, 1.165) is 5.52 Å². The third-order valence-electron chi connectivity index (χ3n) is 1.87. The molecule has 1 aromatic heterocycles. The normalized spacial score (nSPS) is 11.0. The van der Waals surface area contributed by atoms with Crippen molar-refractivity contribution < 1.29 is 13.9 Å². The SMILES string of the molecule is COC(=O)/C=C/c1nc2ccccc2o1. The molecule has 4 nitrogen and oxygen atoms in total. The van der Waals surface area contributed by atoms with Gasteiger partial charge in [-0.2, -0.15) is 0 Å². The van der Waals surface area contributed by atoms with E-state index in [1.165, 1.54) is 19.3 Å². The molecule has 0 unspecified atom stereocenters. The molecule has 0 amide bonds. The number of para-hydroxylation sites is 2. The Morgan fingerprint density at radius 1 is 1.47 bits per heavy atom. The maximum atomic E-state index is 10.8. The average Bonchev–Trinajstić information content (AvgIpc) is 2.68. The molecule has 0 atom stereocenters. The van der Waals surface area contributed by atoms with Crippen molar-refractivity contribution in [1.82, 2.24) is 4.98 Å². The second-order valence-electron chi connectivity index (χ2n) is 2.88. The van der Waals surface area contributed by atoms with Crippen LogP contribution in [0.4, 0.5) is 0 Å². The van der Waals surface area contributed by atoms with Gasteiger partial charge in [0.1, 0.15) is 5.52 Å². The van der Waals surface area contributed by atoms with Crippen molar-refractivity contribution in [3.8, 4) is 0 Å². The molecule has 4 heteroatoms. The first-order valence-electron chi connectivity index (χ1n) is 4.41. The summed E-state index contributed by atoms with van der Waals surface area (Å²) in [5.41, 5.74) is 1.46. The molecule has 0 aliphatic carbocycles. The Balaban J connectivity index is 2.29. The molecule has 0 aliphatic heterocycles. The Bertz CT molecular complexity index is 480. The zero-order valence-corrected chi connectivity index (χ0v) is 8.14. The lowest BCUT2D eigenvalue weighted by molar-refractivity contribution is -0.134. The lowest BCUT2D eigenvalue weighted by Gasteiger charge is -1.86. The first-order chi connectivity index (χ1) is 7.29. The van der Waals surface area contributed by atoms with Gasteiger partial charge in [-0.15, -0.1) is 0 Å². The summed E-state index contributed by atoms with van der Waals surface area (Å²) in [5.74, 6) is -0.0427. The minimum Gasteiger partial charge on any atom is -0.466 e.